The third-order valence-corrected chi connectivity index (χ3v) is 3.22. The van der Waals surface area contributed by atoms with Gasteiger partial charge in [-0.15, -0.1) is 0 Å². The zero-order valence-electron chi connectivity index (χ0n) is 12.3. The molecule has 0 spiro atoms. The summed E-state index contributed by atoms with van der Waals surface area (Å²) in [6, 6.07) is 5.20. The molecule has 1 saturated heterocycles. The van der Waals surface area contributed by atoms with Crippen LogP contribution in [0.1, 0.15) is 19.4 Å². The van der Waals surface area contributed by atoms with E-state index in [9.17, 15) is 4.79 Å². The van der Waals surface area contributed by atoms with E-state index in [4.69, 9.17) is 30.5 Å². The lowest BCUT2D eigenvalue weighted by atomic mass is 10.2. The molecule has 1 unspecified atom stereocenters. The van der Waals surface area contributed by atoms with Gasteiger partial charge in [0.25, 0.3) is 0 Å². The van der Waals surface area contributed by atoms with Gasteiger partial charge in [0.1, 0.15) is 18.5 Å². The molecular formula is C15H19ClO5. The number of hydrogen-bond acceptors (Lipinski definition) is 5. The van der Waals surface area contributed by atoms with Gasteiger partial charge in [0.15, 0.2) is 12.4 Å². The summed E-state index contributed by atoms with van der Waals surface area (Å²) in [5.41, 5.74) is 0.865. The van der Waals surface area contributed by atoms with Gasteiger partial charge in [0.05, 0.1) is 6.61 Å². The van der Waals surface area contributed by atoms with Gasteiger partial charge < -0.3 is 18.9 Å². The van der Waals surface area contributed by atoms with Crippen LogP contribution in [0.4, 0.5) is 0 Å². The van der Waals surface area contributed by atoms with Crippen molar-refractivity contribution in [2.75, 3.05) is 19.8 Å². The Hall–Kier alpha value is -1.30. The van der Waals surface area contributed by atoms with Gasteiger partial charge in [-0.3, -0.25) is 0 Å². The number of carbonyl (C=O) groups excluding carboxylic acids is 1. The van der Waals surface area contributed by atoms with Crippen molar-refractivity contribution in [3.05, 3.63) is 28.8 Å². The van der Waals surface area contributed by atoms with Crippen LogP contribution in [0.2, 0.25) is 5.02 Å². The number of halogens is 1. The summed E-state index contributed by atoms with van der Waals surface area (Å²) in [5, 5.41) is 0.628. The van der Waals surface area contributed by atoms with E-state index in [0.29, 0.717) is 17.4 Å². The number of carbonyl (C=O) groups is 1. The number of esters is 1. The fourth-order valence-electron chi connectivity index (χ4n) is 1.98. The highest BCUT2D eigenvalue weighted by molar-refractivity contribution is 6.30. The molecule has 21 heavy (non-hydrogen) atoms. The lowest BCUT2D eigenvalue weighted by Crippen LogP contribution is -2.26. The highest BCUT2D eigenvalue weighted by atomic mass is 35.5. The molecule has 1 atom stereocenters. The van der Waals surface area contributed by atoms with E-state index in [1.54, 1.807) is 18.2 Å². The fraction of sp³-hybridized carbons (Fsp3) is 0.533. The molecule has 0 aliphatic carbocycles. The predicted octanol–water partition coefficient (Wildman–Crippen LogP) is 2.72. The van der Waals surface area contributed by atoms with Crippen molar-refractivity contribution >= 4 is 17.6 Å². The second kappa shape index (κ2) is 6.64. The summed E-state index contributed by atoms with van der Waals surface area (Å²) < 4.78 is 21.4. The minimum absolute atomic E-state index is 0.153. The average Bonchev–Trinajstić information content (AvgIpc) is 2.75. The van der Waals surface area contributed by atoms with Gasteiger partial charge in [0.2, 0.25) is 0 Å². The molecule has 1 aromatic carbocycles. The molecule has 0 N–H and O–H groups in total. The summed E-state index contributed by atoms with van der Waals surface area (Å²) in [7, 11) is 0. The monoisotopic (exact) mass is 314 g/mol. The summed E-state index contributed by atoms with van der Waals surface area (Å²) in [6.45, 7) is 5.92. The molecule has 1 fully saturated rings. The highest BCUT2D eigenvalue weighted by Crippen LogP contribution is 2.23. The Balaban J connectivity index is 1.73. The number of hydrogen-bond donors (Lipinski definition) is 0. The molecule has 0 saturated carbocycles. The Morgan fingerprint density at radius 2 is 2.24 bits per heavy atom. The van der Waals surface area contributed by atoms with E-state index in [1.807, 2.05) is 20.8 Å². The number of benzene rings is 1. The van der Waals surface area contributed by atoms with Gasteiger partial charge in [-0.1, -0.05) is 11.6 Å². The van der Waals surface area contributed by atoms with Crippen molar-refractivity contribution in [3.63, 3.8) is 0 Å². The highest BCUT2D eigenvalue weighted by Gasteiger charge is 2.33. The first-order chi connectivity index (χ1) is 9.85. The molecule has 0 aromatic heterocycles. The molecule has 0 bridgehead atoms. The molecule has 0 amide bonds. The van der Waals surface area contributed by atoms with Gasteiger partial charge >= 0.3 is 5.97 Å². The first-order valence-electron chi connectivity index (χ1n) is 6.72. The van der Waals surface area contributed by atoms with Crippen LogP contribution in [0.15, 0.2) is 18.2 Å². The van der Waals surface area contributed by atoms with Crippen molar-refractivity contribution in [2.45, 2.75) is 32.7 Å². The third-order valence-electron chi connectivity index (χ3n) is 2.98. The predicted molar refractivity (Wildman–Crippen MR) is 77.5 cm³/mol. The van der Waals surface area contributed by atoms with E-state index < -0.39 is 11.8 Å². The van der Waals surface area contributed by atoms with Crippen LogP contribution in [0.5, 0.6) is 5.75 Å². The Morgan fingerprint density at radius 3 is 2.86 bits per heavy atom. The second-order valence-electron chi connectivity index (χ2n) is 5.33. The van der Waals surface area contributed by atoms with Crippen LogP contribution >= 0.6 is 11.6 Å². The van der Waals surface area contributed by atoms with Crippen molar-refractivity contribution in [2.24, 2.45) is 0 Å². The lowest BCUT2D eigenvalue weighted by molar-refractivity contribution is -0.159. The molecule has 0 radical (unpaired) electrons. The molecule has 116 valence electrons. The molecule has 1 heterocycles. The van der Waals surface area contributed by atoms with Gasteiger partial charge in [0, 0.05) is 5.02 Å². The Bertz CT molecular complexity index is 515. The normalized spacial score (nSPS) is 20.3. The smallest absolute Gasteiger partial charge is 0.344 e. The van der Waals surface area contributed by atoms with E-state index in [1.165, 1.54) is 0 Å². The molecular weight excluding hydrogens is 296 g/mol. The maximum Gasteiger partial charge on any atom is 0.344 e. The summed E-state index contributed by atoms with van der Waals surface area (Å²) in [6.07, 6.45) is -0.235. The minimum atomic E-state index is -0.617. The van der Waals surface area contributed by atoms with E-state index in [2.05, 4.69) is 0 Å². The van der Waals surface area contributed by atoms with Crippen LogP contribution in [0.25, 0.3) is 0 Å². The number of aryl methyl sites for hydroxylation is 1. The third kappa shape index (κ3) is 4.88. The number of ether oxygens (including phenoxy) is 4. The van der Waals surface area contributed by atoms with E-state index in [0.717, 1.165) is 5.56 Å². The Kier molecular flexibility index (Phi) is 5.08. The molecule has 1 aliphatic heterocycles. The molecule has 1 aromatic rings. The quantitative estimate of drug-likeness (QED) is 0.782. The SMILES string of the molecule is Cc1cc(Cl)ccc1OCC(=O)OCC1COC(C)(C)O1. The Morgan fingerprint density at radius 1 is 1.48 bits per heavy atom. The van der Waals surface area contributed by atoms with Crippen molar-refractivity contribution in [3.8, 4) is 5.75 Å². The first-order valence-corrected chi connectivity index (χ1v) is 7.10. The van der Waals surface area contributed by atoms with Crippen molar-refractivity contribution in [1.82, 2.24) is 0 Å². The zero-order valence-corrected chi connectivity index (χ0v) is 13.1. The van der Waals surface area contributed by atoms with Crippen LogP contribution in [-0.2, 0) is 19.0 Å². The number of rotatable bonds is 5. The maximum atomic E-state index is 11.6. The maximum absolute atomic E-state index is 11.6. The van der Waals surface area contributed by atoms with Gasteiger partial charge in [-0.05, 0) is 44.5 Å². The standard InChI is InChI=1S/C15H19ClO5/c1-10-6-11(16)4-5-13(10)18-9-14(17)19-7-12-8-20-15(2,3)21-12/h4-6,12H,7-9H2,1-3H3. The topological polar surface area (TPSA) is 54.0 Å². The van der Waals surface area contributed by atoms with Crippen LogP contribution in [0, 0.1) is 6.92 Å². The Labute approximate surface area is 129 Å². The molecule has 6 heteroatoms. The average molecular weight is 315 g/mol. The zero-order chi connectivity index (χ0) is 15.5. The second-order valence-corrected chi connectivity index (χ2v) is 5.77. The van der Waals surface area contributed by atoms with Crippen LogP contribution in [-0.4, -0.2) is 37.7 Å². The largest absolute Gasteiger partial charge is 0.482 e. The van der Waals surface area contributed by atoms with Gasteiger partial charge in [-0.25, -0.2) is 4.79 Å². The molecule has 5 nitrogen and oxygen atoms in total. The fourth-order valence-corrected chi connectivity index (χ4v) is 2.21. The molecule has 2 rings (SSSR count). The summed E-state index contributed by atoms with van der Waals surface area (Å²) in [4.78, 5) is 11.6. The lowest BCUT2D eigenvalue weighted by Gasteiger charge is -2.17. The minimum Gasteiger partial charge on any atom is -0.482 e. The van der Waals surface area contributed by atoms with Crippen LogP contribution < -0.4 is 4.74 Å². The summed E-state index contributed by atoms with van der Waals surface area (Å²) >= 11 is 5.85. The first kappa shape index (κ1) is 16.1. The van der Waals surface area contributed by atoms with Crippen molar-refractivity contribution in [1.29, 1.82) is 0 Å². The molecule has 1 aliphatic rings. The van der Waals surface area contributed by atoms with Crippen molar-refractivity contribution < 1.29 is 23.7 Å². The summed E-state index contributed by atoms with van der Waals surface area (Å²) in [5.74, 6) is -0.454. The van der Waals surface area contributed by atoms with Crippen LogP contribution in [0.3, 0.4) is 0 Å². The van der Waals surface area contributed by atoms with E-state index >= 15 is 0 Å². The van der Waals surface area contributed by atoms with Gasteiger partial charge in [-0.2, -0.15) is 0 Å². The van der Waals surface area contributed by atoms with E-state index in [-0.39, 0.29) is 19.3 Å².